The van der Waals surface area contributed by atoms with E-state index in [-0.39, 0.29) is 5.91 Å². The van der Waals surface area contributed by atoms with Crippen LogP contribution in [-0.2, 0) is 9.53 Å². The molecule has 3 aromatic rings. The lowest BCUT2D eigenvalue weighted by Crippen LogP contribution is -2.39. The molecule has 2 aromatic carbocycles. The van der Waals surface area contributed by atoms with Crippen LogP contribution in [0.25, 0.3) is 16.3 Å². The van der Waals surface area contributed by atoms with E-state index in [1.807, 2.05) is 41.3 Å². The Hall–Kier alpha value is -2.54. The zero-order chi connectivity index (χ0) is 21.6. The van der Waals surface area contributed by atoms with Crippen molar-refractivity contribution in [3.05, 3.63) is 65.2 Å². The van der Waals surface area contributed by atoms with E-state index in [1.165, 1.54) is 5.56 Å². The summed E-state index contributed by atoms with van der Waals surface area (Å²) < 4.78 is 6.57. The summed E-state index contributed by atoms with van der Waals surface area (Å²) in [5.74, 6) is -0.0285. The minimum atomic E-state index is -0.0285. The molecule has 0 spiro atoms. The lowest BCUT2D eigenvalue weighted by atomic mass is 10.1. The van der Waals surface area contributed by atoms with Gasteiger partial charge in [0.15, 0.2) is 5.13 Å². The van der Waals surface area contributed by atoms with Gasteiger partial charge < -0.3 is 4.74 Å². The van der Waals surface area contributed by atoms with Crippen LogP contribution in [0.5, 0.6) is 0 Å². The topological polar surface area (TPSA) is 45.7 Å². The molecular weight excluding hydrogens is 406 g/mol. The van der Waals surface area contributed by atoms with E-state index >= 15 is 0 Å². The molecule has 0 saturated carbocycles. The molecule has 162 valence electrons. The highest BCUT2D eigenvalue weighted by Crippen LogP contribution is 2.32. The van der Waals surface area contributed by atoms with Gasteiger partial charge in [-0.3, -0.25) is 14.6 Å². The third-order valence-corrected chi connectivity index (χ3v) is 6.52. The first-order chi connectivity index (χ1) is 15.1. The third-order valence-electron chi connectivity index (χ3n) is 5.49. The molecule has 0 atom stereocenters. The van der Waals surface area contributed by atoms with Crippen LogP contribution in [0.3, 0.4) is 0 Å². The van der Waals surface area contributed by atoms with Crippen molar-refractivity contribution in [1.82, 2.24) is 9.88 Å². The summed E-state index contributed by atoms with van der Waals surface area (Å²) in [6, 6.07) is 14.2. The van der Waals surface area contributed by atoms with E-state index in [1.54, 1.807) is 17.4 Å². The normalized spacial score (nSPS) is 15.0. The molecule has 2 heterocycles. The molecule has 0 bridgehead atoms. The van der Waals surface area contributed by atoms with Crippen LogP contribution < -0.4 is 4.90 Å². The molecule has 0 N–H and O–H groups in total. The number of thiazole rings is 1. The van der Waals surface area contributed by atoms with E-state index < -0.39 is 0 Å². The number of rotatable bonds is 7. The molecule has 1 amide bonds. The number of fused-ring (bicyclic) bond motifs is 1. The second-order valence-electron chi connectivity index (χ2n) is 7.97. The first-order valence-corrected chi connectivity index (χ1v) is 11.6. The predicted octanol–water partition coefficient (Wildman–Crippen LogP) is 4.68. The van der Waals surface area contributed by atoms with Crippen molar-refractivity contribution in [2.45, 2.75) is 20.3 Å². The van der Waals surface area contributed by atoms with Gasteiger partial charge in [-0.2, -0.15) is 0 Å². The highest BCUT2D eigenvalue weighted by atomic mass is 32.1. The average Bonchev–Trinajstić information content (AvgIpc) is 3.20. The molecule has 6 heteroatoms. The molecule has 0 radical (unpaired) electrons. The number of hydrogen-bond donors (Lipinski definition) is 0. The summed E-state index contributed by atoms with van der Waals surface area (Å²) >= 11 is 1.60. The summed E-state index contributed by atoms with van der Waals surface area (Å²) in [5, 5.41) is 0.772. The number of anilines is 1. The second-order valence-corrected chi connectivity index (χ2v) is 8.98. The molecule has 0 unspecified atom stereocenters. The molecule has 1 aliphatic heterocycles. The Morgan fingerprint density at radius 3 is 2.74 bits per heavy atom. The molecule has 4 rings (SSSR count). The lowest BCUT2D eigenvalue weighted by molar-refractivity contribution is -0.114. The zero-order valence-electron chi connectivity index (χ0n) is 18.2. The van der Waals surface area contributed by atoms with Crippen LogP contribution in [-0.4, -0.2) is 55.2 Å². The number of benzene rings is 2. The van der Waals surface area contributed by atoms with Crippen LogP contribution in [0.1, 0.15) is 23.1 Å². The van der Waals surface area contributed by atoms with Gasteiger partial charge in [-0.25, -0.2) is 4.98 Å². The molecule has 1 saturated heterocycles. The van der Waals surface area contributed by atoms with Crippen molar-refractivity contribution in [2.24, 2.45) is 0 Å². The van der Waals surface area contributed by atoms with Crippen LogP contribution in [0.4, 0.5) is 5.13 Å². The summed E-state index contributed by atoms with van der Waals surface area (Å²) in [6.45, 7) is 9.28. The van der Waals surface area contributed by atoms with E-state index in [4.69, 9.17) is 9.72 Å². The molecule has 5 nitrogen and oxygen atoms in total. The first-order valence-electron chi connectivity index (χ1n) is 10.8. The smallest absolute Gasteiger partial charge is 0.252 e. The number of morpholine rings is 1. The summed E-state index contributed by atoms with van der Waals surface area (Å²) in [7, 11) is 0. The Kier molecular flexibility index (Phi) is 7.12. The largest absolute Gasteiger partial charge is 0.379 e. The lowest BCUT2D eigenvalue weighted by Gasteiger charge is -2.27. The molecule has 1 fully saturated rings. The van der Waals surface area contributed by atoms with Gasteiger partial charge >= 0.3 is 0 Å². The highest BCUT2D eigenvalue weighted by molar-refractivity contribution is 7.22. The third kappa shape index (κ3) is 5.58. The van der Waals surface area contributed by atoms with Gasteiger partial charge in [0, 0.05) is 32.3 Å². The fourth-order valence-corrected chi connectivity index (χ4v) is 5.05. The van der Waals surface area contributed by atoms with Gasteiger partial charge in [-0.15, -0.1) is 0 Å². The van der Waals surface area contributed by atoms with Crippen molar-refractivity contribution >= 4 is 38.7 Å². The fourth-order valence-electron chi connectivity index (χ4n) is 3.87. The average molecular weight is 436 g/mol. The predicted molar refractivity (Wildman–Crippen MR) is 129 cm³/mol. The number of hydrogen-bond acceptors (Lipinski definition) is 5. The highest BCUT2D eigenvalue weighted by Gasteiger charge is 2.19. The Morgan fingerprint density at radius 2 is 1.97 bits per heavy atom. The maximum absolute atomic E-state index is 13.2. The Morgan fingerprint density at radius 1 is 1.19 bits per heavy atom. The van der Waals surface area contributed by atoms with E-state index in [2.05, 4.69) is 30.9 Å². The van der Waals surface area contributed by atoms with Crippen molar-refractivity contribution in [3.63, 3.8) is 0 Å². The van der Waals surface area contributed by atoms with Gasteiger partial charge in [-0.1, -0.05) is 47.7 Å². The number of aryl methyl sites for hydroxylation is 2. The van der Waals surface area contributed by atoms with Crippen LogP contribution in [0.15, 0.2) is 48.5 Å². The number of ether oxygens (including phenoxy) is 1. The van der Waals surface area contributed by atoms with Crippen molar-refractivity contribution in [3.8, 4) is 0 Å². The quantitative estimate of drug-likeness (QED) is 0.506. The van der Waals surface area contributed by atoms with Crippen LogP contribution in [0.2, 0.25) is 0 Å². The molecular formula is C25H29N3O2S. The Balaban J connectivity index is 1.54. The number of carbonyl (C=O) groups is 1. The second kappa shape index (κ2) is 10.2. The first kappa shape index (κ1) is 21.7. The van der Waals surface area contributed by atoms with Crippen LogP contribution >= 0.6 is 11.3 Å². The van der Waals surface area contributed by atoms with Crippen molar-refractivity contribution in [2.75, 3.05) is 44.3 Å². The Labute approximate surface area is 188 Å². The van der Waals surface area contributed by atoms with Crippen LogP contribution in [0, 0.1) is 13.8 Å². The van der Waals surface area contributed by atoms with E-state index in [0.29, 0.717) is 6.54 Å². The Bertz CT molecular complexity index is 1060. The molecule has 1 aliphatic rings. The van der Waals surface area contributed by atoms with Crippen molar-refractivity contribution < 1.29 is 9.53 Å². The van der Waals surface area contributed by atoms with Gasteiger partial charge in [0.25, 0.3) is 5.91 Å². The molecule has 0 aliphatic carbocycles. The summed E-state index contributed by atoms with van der Waals surface area (Å²) in [6.07, 6.45) is 4.44. The number of carbonyl (C=O) groups excluding carboxylic acids is 1. The monoisotopic (exact) mass is 435 g/mol. The van der Waals surface area contributed by atoms with Gasteiger partial charge in [0.05, 0.1) is 23.4 Å². The number of aromatic nitrogens is 1. The minimum absolute atomic E-state index is 0.0285. The number of amides is 1. The zero-order valence-corrected chi connectivity index (χ0v) is 19.0. The maximum atomic E-state index is 13.2. The maximum Gasteiger partial charge on any atom is 0.252 e. The van der Waals surface area contributed by atoms with Crippen molar-refractivity contribution in [1.29, 1.82) is 0 Å². The van der Waals surface area contributed by atoms with Gasteiger partial charge in [0.1, 0.15) is 0 Å². The summed E-state index contributed by atoms with van der Waals surface area (Å²) in [5.41, 5.74) is 4.37. The van der Waals surface area contributed by atoms with Gasteiger partial charge in [0.2, 0.25) is 0 Å². The summed E-state index contributed by atoms with van der Waals surface area (Å²) in [4.78, 5) is 22.3. The minimum Gasteiger partial charge on any atom is -0.379 e. The number of nitrogens with zero attached hydrogens (tertiary/aromatic N) is 3. The van der Waals surface area contributed by atoms with E-state index in [0.717, 1.165) is 65.7 Å². The SMILES string of the molecule is Cc1cc(C)c2nc(N(CCCN3CCOCC3)C(=O)/C=C/c3ccccc3)sc2c1. The van der Waals surface area contributed by atoms with Gasteiger partial charge in [-0.05, 0) is 49.1 Å². The molecule has 1 aromatic heterocycles. The van der Waals surface area contributed by atoms with E-state index in [9.17, 15) is 4.79 Å². The fraction of sp³-hybridized carbons (Fsp3) is 0.360. The molecule has 31 heavy (non-hydrogen) atoms. The standard InChI is InChI=1S/C25H29N3O2S/c1-19-17-20(2)24-22(18-19)31-25(26-24)28(12-6-11-27-13-15-30-16-14-27)23(29)10-9-21-7-4-3-5-8-21/h3-5,7-10,17-18H,6,11-16H2,1-2H3/b10-9+.